The molecule has 0 aliphatic heterocycles. The first-order chi connectivity index (χ1) is 13.6. The van der Waals surface area contributed by atoms with Crippen molar-refractivity contribution in [3.05, 3.63) is 29.3 Å². The summed E-state index contributed by atoms with van der Waals surface area (Å²) < 4.78 is 16.1. The minimum absolute atomic E-state index is 0. The van der Waals surface area contributed by atoms with E-state index in [1.165, 1.54) is 5.56 Å². The van der Waals surface area contributed by atoms with Crippen LogP contribution < -0.4 is 15.4 Å². The maximum absolute atomic E-state index is 5.95. The van der Waals surface area contributed by atoms with Crippen LogP contribution in [-0.2, 0) is 16.0 Å². The number of ether oxygens (including phenoxy) is 3. The first kappa shape index (κ1) is 27.9. The Morgan fingerprint density at radius 2 is 1.79 bits per heavy atom. The van der Waals surface area contributed by atoms with Crippen LogP contribution in [0.2, 0.25) is 0 Å². The van der Waals surface area contributed by atoms with E-state index in [2.05, 4.69) is 52.7 Å². The Labute approximate surface area is 193 Å². The number of hydrogen-bond donors (Lipinski definition) is 2. The van der Waals surface area contributed by atoms with E-state index < -0.39 is 0 Å². The summed E-state index contributed by atoms with van der Waals surface area (Å²) in [7, 11) is 7.34. The van der Waals surface area contributed by atoms with E-state index >= 15 is 0 Å². The molecule has 0 amide bonds. The Morgan fingerprint density at radius 1 is 1.03 bits per heavy atom. The van der Waals surface area contributed by atoms with Crippen LogP contribution in [0.3, 0.4) is 0 Å². The zero-order chi connectivity index (χ0) is 20.6. The van der Waals surface area contributed by atoms with Gasteiger partial charge in [0.15, 0.2) is 5.96 Å². The smallest absolute Gasteiger partial charge is 0.191 e. The number of rotatable bonds is 14. The molecule has 0 aromatic heterocycles. The molecular formula is C21H39IN4O3. The van der Waals surface area contributed by atoms with Crippen LogP contribution >= 0.6 is 24.0 Å². The van der Waals surface area contributed by atoms with E-state index in [4.69, 9.17) is 14.2 Å². The minimum atomic E-state index is 0. The molecule has 7 nitrogen and oxygen atoms in total. The van der Waals surface area contributed by atoms with Crippen LogP contribution in [0, 0.1) is 6.92 Å². The topological polar surface area (TPSA) is 67.4 Å². The van der Waals surface area contributed by atoms with Gasteiger partial charge in [-0.05, 0) is 38.6 Å². The molecule has 0 saturated heterocycles. The predicted octanol–water partition coefficient (Wildman–Crippen LogP) is 2.66. The van der Waals surface area contributed by atoms with Gasteiger partial charge in [0, 0.05) is 59.5 Å². The van der Waals surface area contributed by atoms with Crippen molar-refractivity contribution >= 4 is 29.9 Å². The van der Waals surface area contributed by atoms with Crippen LogP contribution in [0.5, 0.6) is 5.75 Å². The van der Waals surface area contributed by atoms with E-state index in [1.54, 1.807) is 21.3 Å². The van der Waals surface area contributed by atoms with Gasteiger partial charge < -0.3 is 29.7 Å². The van der Waals surface area contributed by atoms with Gasteiger partial charge in [0.1, 0.15) is 5.75 Å². The maximum atomic E-state index is 5.95. The molecule has 0 spiro atoms. The molecule has 0 bridgehead atoms. The number of halogens is 1. The number of nitrogens with one attached hydrogen (secondary N) is 2. The third kappa shape index (κ3) is 12.9. The summed E-state index contributed by atoms with van der Waals surface area (Å²) in [5.41, 5.74) is 2.30. The maximum Gasteiger partial charge on any atom is 0.191 e. The van der Waals surface area contributed by atoms with Crippen molar-refractivity contribution < 1.29 is 14.2 Å². The molecule has 29 heavy (non-hydrogen) atoms. The van der Waals surface area contributed by atoms with Crippen LogP contribution in [0.4, 0.5) is 0 Å². The lowest BCUT2D eigenvalue weighted by Gasteiger charge is -2.17. The van der Waals surface area contributed by atoms with Gasteiger partial charge in [0.05, 0.1) is 13.2 Å². The molecule has 1 aromatic rings. The van der Waals surface area contributed by atoms with Gasteiger partial charge in [-0.15, -0.1) is 24.0 Å². The molecule has 1 rings (SSSR count). The van der Waals surface area contributed by atoms with Crippen molar-refractivity contribution in [1.82, 2.24) is 15.5 Å². The predicted molar refractivity (Wildman–Crippen MR) is 131 cm³/mol. The summed E-state index contributed by atoms with van der Waals surface area (Å²) in [5.74, 6) is 1.71. The van der Waals surface area contributed by atoms with Crippen molar-refractivity contribution in [2.24, 2.45) is 4.99 Å². The Morgan fingerprint density at radius 3 is 2.48 bits per heavy atom. The van der Waals surface area contributed by atoms with Gasteiger partial charge in [-0.2, -0.15) is 0 Å². The van der Waals surface area contributed by atoms with Gasteiger partial charge in [-0.25, -0.2) is 0 Å². The Bertz CT molecular complexity index is 573. The molecule has 2 N–H and O–H groups in total. The van der Waals surface area contributed by atoms with Crippen molar-refractivity contribution in [3.63, 3.8) is 0 Å². The largest absolute Gasteiger partial charge is 0.493 e. The number of aliphatic imine (C=N–C) groups is 1. The fraction of sp³-hybridized carbons (Fsp3) is 0.667. The summed E-state index contributed by atoms with van der Waals surface area (Å²) in [6.07, 6.45) is 1.92. The van der Waals surface area contributed by atoms with Gasteiger partial charge >= 0.3 is 0 Å². The van der Waals surface area contributed by atoms with Gasteiger partial charge in [-0.3, -0.25) is 4.99 Å². The second-order valence-corrected chi connectivity index (χ2v) is 6.81. The molecule has 0 radical (unpaired) electrons. The molecular weight excluding hydrogens is 483 g/mol. The van der Waals surface area contributed by atoms with Gasteiger partial charge in [-0.1, -0.05) is 12.1 Å². The van der Waals surface area contributed by atoms with Crippen molar-refractivity contribution in [2.45, 2.75) is 26.3 Å². The zero-order valence-electron chi connectivity index (χ0n) is 18.6. The normalized spacial score (nSPS) is 11.3. The van der Waals surface area contributed by atoms with E-state index in [-0.39, 0.29) is 24.0 Å². The second kappa shape index (κ2) is 17.7. The first-order valence-electron chi connectivity index (χ1n) is 9.94. The fourth-order valence-corrected chi connectivity index (χ4v) is 2.64. The highest BCUT2D eigenvalue weighted by Gasteiger charge is 2.06. The third-order valence-corrected chi connectivity index (χ3v) is 4.33. The van der Waals surface area contributed by atoms with Crippen LogP contribution in [0.1, 0.15) is 24.0 Å². The SMILES string of the molecule is CN=C(NCCCN(C)CCOC)NCc1ccc(C)cc1OCCCOC.I. The number of benzene rings is 1. The number of methoxy groups -OCH3 is 2. The lowest BCUT2D eigenvalue weighted by atomic mass is 10.1. The van der Waals surface area contributed by atoms with E-state index in [9.17, 15) is 0 Å². The highest BCUT2D eigenvalue weighted by Crippen LogP contribution is 2.20. The molecule has 0 fully saturated rings. The zero-order valence-corrected chi connectivity index (χ0v) is 21.0. The van der Waals surface area contributed by atoms with Gasteiger partial charge in [0.2, 0.25) is 0 Å². The quantitative estimate of drug-likeness (QED) is 0.170. The number of aryl methyl sites for hydroxylation is 1. The van der Waals surface area contributed by atoms with E-state index in [0.717, 1.165) is 56.4 Å². The van der Waals surface area contributed by atoms with Crippen molar-refractivity contribution in [3.8, 4) is 5.75 Å². The minimum Gasteiger partial charge on any atom is -0.493 e. The van der Waals surface area contributed by atoms with Crippen molar-refractivity contribution in [2.75, 3.05) is 67.8 Å². The third-order valence-electron chi connectivity index (χ3n) is 4.33. The summed E-state index contributed by atoms with van der Waals surface area (Å²) in [4.78, 5) is 6.57. The van der Waals surface area contributed by atoms with Crippen LogP contribution in [0.15, 0.2) is 23.2 Å². The molecule has 1 aromatic carbocycles. The Balaban J connectivity index is 0.00000784. The molecule has 0 saturated carbocycles. The Kier molecular flexibility index (Phi) is 17.1. The molecule has 8 heteroatoms. The molecule has 0 aliphatic rings. The first-order valence-corrected chi connectivity index (χ1v) is 9.94. The average Bonchev–Trinajstić information content (AvgIpc) is 2.70. The lowest BCUT2D eigenvalue weighted by Crippen LogP contribution is -2.38. The number of hydrogen-bond acceptors (Lipinski definition) is 5. The average molecular weight is 522 g/mol. The summed E-state index contributed by atoms with van der Waals surface area (Å²) in [6, 6.07) is 6.28. The highest BCUT2D eigenvalue weighted by molar-refractivity contribution is 14.0. The Hall–Kier alpha value is -1.10. The molecule has 168 valence electrons. The van der Waals surface area contributed by atoms with E-state index in [1.807, 2.05) is 0 Å². The molecule has 0 heterocycles. The summed E-state index contributed by atoms with van der Waals surface area (Å²) in [5, 5.41) is 6.74. The van der Waals surface area contributed by atoms with E-state index in [0.29, 0.717) is 19.8 Å². The fourth-order valence-electron chi connectivity index (χ4n) is 2.64. The second-order valence-electron chi connectivity index (χ2n) is 6.81. The molecule has 0 atom stereocenters. The molecule has 0 unspecified atom stereocenters. The number of guanidine groups is 1. The number of likely N-dealkylation sites (N-methyl/N-ethyl adjacent to an activating group) is 1. The van der Waals surface area contributed by atoms with Crippen molar-refractivity contribution in [1.29, 1.82) is 0 Å². The monoisotopic (exact) mass is 522 g/mol. The van der Waals surface area contributed by atoms with Crippen LogP contribution in [-0.4, -0.2) is 78.6 Å². The highest BCUT2D eigenvalue weighted by atomic mass is 127. The van der Waals surface area contributed by atoms with Gasteiger partial charge in [0.25, 0.3) is 0 Å². The summed E-state index contributed by atoms with van der Waals surface area (Å²) in [6.45, 7) is 7.68. The van der Waals surface area contributed by atoms with Crippen LogP contribution in [0.25, 0.3) is 0 Å². The molecule has 0 aliphatic carbocycles. The standard InChI is InChI=1S/C21H38N4O3.HI/c1-18-8-9-19(20(16-18)28-14-7-13-26-4)17-24-21(22-2)23-10-6-11-25(3)12-15-27-5;/h8-9,16H,6-7,10-15,17H2,1-5H3,(H2,22,23,24);1H. The lowest BCUT2D eigenvalue weighted by molar-refractivity contribution is 0.161. The summed E-state index contributed by atoms with van der Waals surface area (Å²) >= 11 is 0. The number of nitrogens with zero attached hydrogens (tertiary/aromatic N) is 2.